The Bertz CT molecular complexity index is 1180. The molecular weight excluding hydrogens is 402 g/mol. The highest BCUT2D eigenvalue weighted by molar-refractivity contribution is 7.22. The van der Waals surface area contributed by atoms with Crippen LogP contribution < -0.4 is 10.1 Å². The molecule has 0 saturated carbocycles. The van der Waals surface area contributed by atoms with Crippen molar-refractivity contribution in [2.45, 2.75) is 33.1 Å². The highest BCUT2D eigenvalue weighted by Crippen LogP contribution is 2.38. The molecule has 2 aromatic carbocycles. The highest BCUT2D eigenvalue weighted by atomic mass is 35.5. The Kier molecular flexibility index (Phi) is 5.19. The number of ether oxygens (including phenoxy) is 1. The molecule has 0 atom stereocenters. The Hall–Kier alpha value is -2.63. The van der Waals surface area contributed by atoms with Crippen molar-refractivity contribution in [3.05, 3.63) is 70.9 Å². The Balaban J connectivity index is 1.68. The van der Waals surface area contributed by atoms with Gasteiger partial charge in [0.05, 0.1) is 15.2 Å². The largest absolute Gasteiger partial charge is 0.437 e. The summed E-state index contributed by atoms with van der Waals surface area (Å²) in [5.74, 6) is 1.30. The average molecular weight is 424 g/mol. The second kappa shape index (κ2) is 7.65. The van der Waals surface area contributed by atoms with Crippen LogP contribution in [-0.4, -0.2) is 9.97 Å². The number of nitrogens with zero attached hydrogens (tertiary/aromatic N) is 2. The van der Waals surface area contributed by atoms with Crippen LogP contribution in [0.15, 0.2) is 54.7 Å². The average Bonchev–Trinajstić information content (AvgIpc) is 3.09. The van der Waals surface area contributed by atoms with Gasteiger partial charge in [-0.15, -0.1) is 0 Å². The van der Waals surface area contributed by atoms with Crippen molar-refractivity contribution in [2.75, 3.05) is 5.32 Å². The number of nitrogens with one attached hydrogen (secondary N) is 1. The molecular formula is C23H22ClN3OS. The van der Waals surface area contributed by atoms with E-state index in [9.17, 15) is 0 Å². The maximum absolute atomic E-state index is 6.45. The van der Waals surface area contributed by atoms with Crippen LogP contribution in [0.5, 0.6) is 11.6 Å². The zero-order chi connectivity index (χ0) is 20.6. The second-order valence-electron chi connectivity index (χ2n) is 7.89. The smallest absolute Gasteiger partial charge is 0.243 e. The Morgan fingerprint density at radius 1 is 1.03 bits per heavy atom. The maximum Gasteiger partial charge on any atom is 0.243 e. The van der Waals surface area contributed by atoms with Gasteiger partial charge < -0.3 is 10.1 Å². The van der Waals surface area contributed by atoms with Gasteiger partial charge in [-0.1, -0.05) is 68.0 Å². The van der Waals surface area contributed by atoms with Gasteiger partial charge >= 0.3 is 0 Å². The number of halogens is 1. The summed E-state index contributed by atoms with van der Waals surface area (Å²) in [5.41, 5.74) is 3.75. The Morgan fingerprint density at radius 2 is 1.83 bits per heavy atom. The fraction of sp³-hybridized carbons (Fsp3) is 0.217. The molecule has 1 N–H and O–H groups in total. The highest BCUT2D eigenvalue weighted by Gasteiger charge is 2.20. The van der Waals surface area contributed by atoms with Crippen LogP contribution in [-0.2, 0) is 5.41 Å². The van der Waals surface area contributed by atoms with Gasteiger partial charge in [0.15, 0.2) is 5.13 Å². The van der Waals surface area contributed by atoms with Gasteiger partial charge in [-0.3, -0.25) is 0 Å². The van der Waals surface area contributed by atoms with E-state index in [0.717, 1.165) is 42.9 Å². The van der Waals surface area contributed by atoms with Crippen molar-refractivity contribution in [2.24, 2.45) is 0 Å². The first kappa shape index (κ1) is 19.7. The van der Waals surface area contributed by atoms with Gasteiger partial charge in [0, 0.05) is 11.8 Å². The van der Waals surface area contributed by atoms with E-state index < -0.39 is 0 Å². The molecule has 4 aromatic rings. The number of hydrogen-bond acceptors (Lipinski definition) is 5. The molecule has 2 heterocycles. The summed E-state index contributed by atoms with van der Waals surface area (Å²) < 4.78 is 7.20. The maximum atomic E-state index is 6.45. The molecule has 0 fully saturated rings. The van der Waals surface area contributed by atoms with E-state index in [4.69, 9.17) is 16.3 Å². The molecule has 0 aliphatic heterocycles. The monoisotopic (exact) mass is 423 g/mol. The summed E-state index contributed by atoms with van der Waals surface area (Å²) in [6.07, 6.45) is 1.72. The first-order chi connectivity index (χ1) is 13.8. The number of anilines is 2. The minimum atomic E-state index is -0.0411. The molecule has 0 aliphatic carbocycles. The number of aryl methyl sites for hydroxylation is 1. The zero-order valence-corrected chi connectivity index (χ0v) is 18.4. The second-order valence-corrected chi connectivity index (χ2v) is 9.27. The quantitative estimate of drug-likeness (QED) is 0.369. The standard InChI is InChI=1S/C23H22ClN3OS/c1-14-11-12-16-20(19(14)24)29-22(26-16)27-17-9-7-13-25-21(17)28-18-10-6-5-8-15(18)23(2,3)4/h5-13H,1-4H3,(H,26,27). The molecule has 0 unspecified atom stereocenters. The fourth-order valence-electron chi connectivity index (χ4n) is 3.07. The van der Waals surface area contributed by atoms with Gasteiger partial charge in [-0.2, -0.15) is 0 Å². The lowest BCUT2D eigenvalue weighted by molar-refractivity contribution is 0.442. The molecule has 4 rings (SSSR count). The minimum Gasteiger partial charge on any atom is -0.437 e. The van der Waals surface area contributed by atoms with E-state index in [2.05, 4.69) is 42.1 Å². The summed E-state index contributed by atoms with van der Waals surface area (Å²) >= 11 is 7.96. The number of pyridine rings is 1. The zero-order valence-electron chi connectivity index (χ0n) is 16.8. The third-order valence-electron chi connectivity index (χ3n) is 4.60. The summed E-state index contributed by atoms with van der Waals surface area (Å²) in [5, 5.41) is 4.84. The molecule has 2 aromatic heterocycles. The minimum absolute atomic E-state index is 0.0411. The van der Waals surface area contributed by atoms with Gasteiger partial charge in [0.1, 0.15) is 11.4 Å². The molecule has 0 bridgehead atoms. The van der Waals surface area contributed by atoms with Crippen molar-refractivity contribution in [3.63, 3.8) is 0 Å². The van der Waals surface area contributed by atoms with E-state index >= 15 is 0 Å². The van der Waals surface area contributed by atoms with Crippen LogP contribution in [0.25, 0.3) is 10.2 Å². The Labute approximate surface area is 179 Å². The van der Waals surface area contributed by atoms with Crippen LogP contribution >= 0.6 is 22.9 Å². The predicted octanol–water partition coefficient (Wildman–Crippen LogP) is 7.49. The third-order valence-corrected chi connectivity index (χ3v) is 6.21. The van der Waals surface area contributed by atoms with Crippen LogP contribution in [0.2, 0.25) is 5.02 Å². The summed E-state index contributed by atoms with van der Waals surface area (Å²) in [4.78, 5) is 9.10. The molecule has 6 heteroatoms. The van der Waals surface area contributed by atoms with Crippen molar-refractivity contribution in [1.29, 1.82) is 0 Å². The lowest BCUT2D eigenvalue weighted by atomic mass is 9.86. The predicted molar refractivity (Wildman–Crippen MR) is 122 cm³/mol. The van der Waals surface area contributed by atoms with Gasteiger partial charge in [-0.25, -0.2) is 9.97 Å². The van der Waals surface area contributed by atoms with Crippen molar-refractivity contribution < 1.29 is 4.74 Å². The summed E-state index contributed by atoms with van der Waals surface area (Å²) in [6, 6.07) is 15.8. The normalized spacial score (nSPS) is 11.6. The van der Waals surface area contributed by atoms with Crippen molar-refractivity contribution in [1.82, 2.24) is 9.97 Å². The first-order valence-corrected chi connectivity index (χ1v) is 10.6. The van der Waals surface area contributed by atoms with Crippen LogP contribution in [0.3, 0.4) is 0 Å². The molecule has 29 heavy (non-hydrogen) atoms. The van der Waals surface area contributed by atoms with Gasteiger partial charge in [0.2, 0.25) is 5.88 Å². The fourth-order valence-corrected chi connectivity index (χ4v) is 4.32. The van der Waals surface area contributed by atoms with E-state index in [1.54, 1.807) is 6.20 Å². The topological polar surface area (TPSA) is 47.0 Å². The van der Waals surface area contributed by atoms with Crippen LogP contribution in [0, 0.1) is 6.92 Å². The summed E-state index contributed by atoms with van der Waals surface area (Å²) in [7, 11) is 0. The van der Waals surface area contributed by atoms with Crippen molar-refractivity contribution >= 4 is 44.0 Å². The molecule has 0 spiro atoms. The summed E-state index contributed by atoms with van der Waals surface area (Å²) in [6.45, 7) is 8.49. The molecule has 0 saturated heterocycles. The number of aromatic nitrogens is 2. The SMILES string of the molecule is Cc1ccc2nc(Nc3cccnc3Oc3ccccc3C(C)(C)C)sc2c1Cl. The van der Waals surface area contributed by atoms with Gasteiger partial charge in [-0.05, 0) is 42.2 Å². The van der Waals surface area contributed by atoms with Gasteiger partial charge in [0.25, 0.3) is 0 Å². The van der Waals surface area contributed by atoms with Crippen LogP contribution in [0.4, 0.5) is 10.8 Å². The molecule has 148 valence electrons. The van der Waals surface area contributed by atoms with E-state index in [1.165, 1.54) is 11.3 Å². The molecule has 0 aliphatic rings. The Morgan fingerprint density at radius 3 is 2.62 bits per heavy atom. The lowest BCUT2D eigenvalue weighted by Gasteiger charge is -2.22. The van der Waals surface area contributed by atoms with Crippen molar-refractivity contribution in [3.8, 4) is 11.6 Å². The first-order valence-electron chi connectivity index (χ1n) is 9.38. The number of rotatable bonds is 4. The number of hydrogen-bond donors (Lipinski definition) is 1. The number of benzene rings is 2. The van der Waals surface area contributed by atoms with Crippen LogP contribution in [0.1, 0.15) is 31.9 Å². The molecule has 0 radical (unpaired) electrons. The van der Waals surface area contributed by atoms with E-state index in [0.29, 0.717) is 5.88 Å². The molecule has 4 nitrogen and oxygen atoms in total. The number of para-hydroxylation sites is 1. The third kappa shape index (κ3) is 4.07. The number of thiazole rings is 1. The van der Waals surface area contributed by atoms with E-state index in [1.807, 2.05) is 49.4 Å². The lowest BCUT2D eigenvalue weighted by Crippen LogP contribution is -2.12. The number of fused-ring (bicyclic) bond motifs is 1. The molecule has 0 amide bonds. The van der Waals surface area contributed by atoms with E-state index in [-0.39, 0.29) is 5.41 Å².